The second-order valence-corrected chi connectivity index (χ2v) is 5.23. The Morgan fingerprint density at radius 3 is 2.23 bits per heavy atom. The molecule has 120 valence electrons. The number of rotatable bonds is 8. The molecule has 0 fully saturated rings. The number of carbonyl (C=O) groups is 3. The van der Waals surface area contributed by atoms with Gasteiger partial charge in [-0.2, -0.15) is 0 Å². The van der Waals surface area contributed by atoms with Crippen LogP contribution in [0, 0.1) is 5.92 Å². The van der Waals surface area contributed by atoms with Crippen molar-refractivity contribution in [3.63, 3.8) is 0 Å². The normalized spacial score (nSPS) is 11.7. The third-order valence-electron chi connectivity index (χ3n) is 3.59. The number of primary amides is 2. The van der Waals surface area contributed by atoms with Crippen LogP contribution in [0.25, 0.3) is 0 Å². The smallest absolute Gasteiger partial charge is 0.249 e. The van der Waals surface area contributed by atoms with Crippen LogP contribution in [0.1, 0.15) is 60.2 Å². The summed E-state index contributed by atoms with van der Waals surface area (Å²) in [5.41, 5.74) is 10.9. The summed E-state index contributed by atoms with van der Waals surface area (Å²) in [6, 6.07) is 4.31. The van der Waals surface area contributed by atoms with Crippen molar-refractivity contribution < 1.29 is 14.4 Å². The number of benzene rings is 1. The van der Waals surface area contributed by atoms with Gasteiger partial charge in [0.05, 0.1) is 11.1 Å². The van der Waals surface area contributed by atoms with Gasteiger partial charge >= 0.3 is 0 Å². The van der Waals surface area contributed by atoms with E-state index in [4.69, 9.17) is 11.5 Å². The van der Waals surface area contributed by atoms with Crippen LogP contribution in [-0.2, 0) is 4.79 Å². The average molecular weight is 305 g/mol. The molecule has 1 atom stereocenters. The van der Waals surface area contributed by atoms with E-state index in [1.165, 1.54) is 18.2 Å². The zero-order valence-corrected chi connectivity index (χ0v) is 13.0. The lowest BCUT2D eigenvalue weighted by atomic mass is 9.98. The van der Waals surface area contributed by atoms with Gasteiger partial charge in [-0.05, 0) is 31.0 Å². The first-order valence-electron chi connectivity index (χ1n) is 7.45. The predicted octanol–water partition coefficient (Wildman–Crippen LogP) is 2.04. The van der Waals surface area contributed by atoms with Crippen molar-refractivity contribution >= 4 is 23.4 Å². The molecule has 0 aliphatic carbocycles. The standard InChI is InChI=1S/C16H23N3O3/c1-3-5-6-10(4-2)16(22)19-11-7-8-12(14(17)20)13(9-11)15(18)21/h7-10H,3-6H2,1-2H3,(H2,17,20)(H2,18,21)(H,19,22). The summed E-state index contributed by atoms with van der Waals surface area (Å²) in [7, 11) is 0. The lowest BCUT2D eigenvalue weighted by molar-refractivity contribution is -0.120. The Balaban J connectivity index is 2.94. The highest BCUT2D eigenvalue weighted by Crippen LogP contribution is 2.19. The second kappa shape index (κ2) is 8.17. The van der Waals surface area contributed by atoms with Gasteiger partial charge in [0.1, 0.15) is 0 Å². The van der Waals surface area contributed by atoms with Gasteiger partial charge < -0.3 is 16.8 Å². The van der Waals surface area contributed by atoms with Gasteiger partial charge in [-0.1, -0.05) is 26.7 Å². The highest BCUT2D eigenvalue weighted by Gasteiger charge is 2.18. The first-order valence-corrected chi connectivity index (χ1v) is 7.45. The number of carbonyl (C=O) groups excluding carboxylic acids is 3. The summed E-state index contributed by atoms with van der Waals surface area (Å²) in [5.74, 6) is -1.67. The van der Waals surface area contributed by atoms with E-state index in [-0.39, 0.29) is 23.0 Å². The zero-order valence-electron chi connectivity index (χ0n) is 13.0. The molecule has 6 heteroatoms. The molecule has 0 aliphatic heterocycles. The van der Waals surface area contributed by atoms with E-state index >= 15 is 0 Å². The minimum atomic E-state index is -0.761. The van der Waals surface area contributed by atoms with E-state index in [0.717, 1.165) is 25.7 Å². The van der Waals surface area contributed by atoms with Crippen LogP contribution in [0.2, 0.25) is 0 Å². The predicted molar refractivity (Wildman–Crippen MR) is 85.4 cm³/mol. The summed E-state index contributed by atoms with van der Waals surface area (Å²) < 4.78 is 0. The van der Waals surface area contributed by atoms with Crippen molar-refractivity contribution in [3.8, 4) is 0 Å². The van der Waals surface area contributed by atoms with Gasteiger partial charge in [-0.15, -0.1) is 0 Å². The number of nitrogens with two attached hydrogens (primary N) is 2. The van der Waals surface area contributed by atoms with E-state index in [2.05, 4.69) is 12.2 Å². The number of hydrogen-bond donors (Lipinski definition) is 3. The number of unbranched alkanes of at least 4 members (excludes halogenated alkanes) is 1. The highest BCUT2D eigenvalue weighted by molar-refractivity contribution is 6.07. The lowest BCUT2D eigenvalue weighted by Crippen LogP contribution is -2.24. The molecule has 1 unspecified atom stereocenters. The summed E-state index contributed by atoms with van der Waals surface area (Å²) in [6.07, 6.45) is 3.58. The van der Waals surface area contributed by atoms with Crippen LogP contribution >= 0.6 is 0 Å². The minimum Gasteiger partial charge on any atom is -0.366 e. The number of amides is 3. The van der Waals surface area contributed by atoms with Crippen LogP contribution in [0.3, 0.4) is 0 Å². The van der Waals surface area contributed by atoms with Crippen LogP contribution < -0.4 is 16.8 Å². The van der Waals surface area contributed by atoms with Gasteiger partial charge in [-0.25, -0.2) is 0 Å². The SMILES string of the molecule is CCCCC(CC)C(=O)Nc1ccc(C(N)=O)c(C(N)=O)c1. The average Bonchev–Trinajstić information content (AvgIpc) is 2.47. The Labute approximate surface area is 130 Å². The molecule has 1 aromatic carbocycles. The first kappa shape index (κ1) is 17.7. The van der Waals surface area contributed by atoms with Crippen molar-refractivity contribution in [1.82, 2.24) is 0 Å². The molecular weight excluding hydrogens is 282 g/mol. The molecule has 0 aromatic heterocycles. The molecule has 0 heterocycles. The van der Waals surface area contributed by atoms with Gasteiger partial charge in [0.25, 0.3) is 0 Å². The first-order chi connectivity index (χ1) is 10.4. The van der Waals surface area contributed by atoms with Gasteiger partial charge in [0.15, 0.2) is 0 Å². The molecular formula is C16H23N3O3. The third kappa shape index (κ3) is 4.58. The van der Waals surface area contributed by atoms with Crippen molar-refractivity contribution in [1.29, 1.82) is 0 Å². The lowest BCUT2D eigenvalue weighted by Gasteiger charge is -2.15. The molecule has 0 bridgehead atoms. The number of nitrogens with one attached hydrogen (secondary N) is 1. The third-order valence-corrected chi connectivity index (χ3v) is 3.59. The van der Waals surface area contributed by atoms with Crippen LogP contribution in [-0.4, -0.2) is 17.7 Å². The molecule has 22 heavy (non-hydrogen) atoms. The van der Waals surface area contributed by atoms with Crippen LogP contribution in [0.5, 0.6) is 0 Å². The van der Waals surface area contributed by atoms with Crippen molar-refractivity contribution in [3.05, 3.63) is 29.3 Å². The maximum Gasteiger partial charge on any atom is 0.249 e. The molecule has 0 saturated carbocycles. The maximum absolute atomic E-state index is 12.2. The minimum absolute atomic E-state index is 0.00640. The Hall–Kier alpha value is -2.37. The summed E-state index contributed by atoms with van der Waals surface area (Å²) in [6.45, 7) is 4.04. The fraction of sp³-hybridized carbons (Fsp3) is 0.438. The Morgan fingerprint density at radius 1 is 1.09 bits per heavy atom. The Bertz CT molecular complexity index is 570. The van der Waals surface area contributed by atoms with Crippen LogP contribution in [0.15, 0.2) is 18.2 Å². The van der Waals surface area contributed by atoms with E-state index in [1.54, 1.807) is 0 Å². The van der Waals surface area contributed by atoms with E-state index < -0.39 is 11.8 Å². The highest BCUT2D eigenvalue weighted by atomic mass is 16.2. The van der Waals surface area contributed by atoms with Crippen molar-refractivity contribution in [2.24, 2.45) is 17.4 Å². The molecule has 0 spiro atoms. The molecule has 1 aromatic rings. The molecule has 1 rings (SSSR count). The van der Waals surface area contributed by atoms with E-state index in [0.29, 0.717) is 5.69 Å². The summed E-state index contributed by atoms with van der Waals surface area (Å²) in [4.78, 5) is 34.9. The number of anilines is 1. The summed E-state index contributed by atoms with van der Waals surface area (Å²) >= 11 is 0. The molecule has 0 radical (unpaired) electrons. The van der Waals surface area contributed by atoms with E-state index in [1.807, 2.05) is 6.92 Å². The van der Waals surface area contributed by atoms with Crippen molar-refractivity contribution in [2.45, 2.75) is 39.5 Å². The zero-order chi connectivity index (χ0) is 16.7. The maximum atomic E-state index is 12.2. The quantitative estimate of drug-likeness (QED) is 0.682. The Kier molecular flexibility index (Phi) is 6.56. The fourth-order valence-electron chi connectivity index (χ4n) is 2.26. The monoisotopic (exact) mass is 305 g/mol. The van der Waals surface area contributed by atoms with Gasteiger partial charge in [-0.3, -0.25) is 14.4 Å². The second-order valence-electron chi connectivity index (χ2n) is 5.23. The molecule has 3 amide bonds. The van der Waals surface area contributed by atoms with Gasteiger partial charge in [0.2, 0.25) is 17.7 Å². The molecule has 6 nitrogen and oxygen atoms in total. The number of hydrogen-bond acceptors (Lipinski definition) is 3. The largest absolute Gasteiger partial charge is 0.366 e. The molecule has 0 saturated heterocycles. The van der Waals surface area contributed by atoms with Crippen LogP contribution in [0.4, 0.5) is 5.69 Å². The molecule has 5 N–H and O–H groups in total. The van der Waals surface area contributed by atoms with Crippen molar-refractivity contribution in [2.75, 3.05) is 5.32 Å². The Morgan fingerprint density at radius 2 is 1.73 bits per heavy atom. The van der Waals surface area contributed by atoms with E-state index in [9.17, 15) is 14.4 Å². The fourth-order valence-corrected chi connectivity index (χ4v) is 2.26. The summed E-state index contributed by atoms with van der Waals surface area (Å²) in [5, 5.41) is 2.76. The van der Waals surface area contributed by atoms with Gasteiger partial charge in [0, 0.05) is 11.6 Å². The topological polar surface area (TPSA) is 115 Å². The molecule has 0 aliphatic rings.